The van der Waals surface area contributed by atoms with E-state index in [4.69, 9.17) is 5.11 Å². The molecule has 4 nitrogen and oxygen atoms in total. The quantitative estimate of drug-likeness (QED) is 0.820. The number of hydrogen-bond acceptors (Lipinski definition) is 3. The van der Waals surface area contributed by atoms with Crippen LogP contribution in [0.25, 0.3) is 0 Å². The highest BCUT2D eigenvalue weighted by molar-refractivity contribution is 7.90. The second-order valence-electron chi connectivity index (χ2n) is 5.77. The van der Waals surface area contributed by atoms with E-state index in [2.05, 4.69) is 0 Å². The van der Waals surface area contributed by atoms with Gasteiger partial charge in [0.2, 0.25) is 0 Å². The van der Waals surface area contributed by atoms with Gasteiger partial charge in [0, 0.05) is 24.8 Å². The zero-order valence-corrected chi connectivity index (χ0v) is 13.3. The SMILES string of the molecule is CN(C(CCC(=O)O)c1ccccc1)[S+]([O-])C(C)(C)C. The van der Waals surface area contributed by atoms with E-state index in [1.54, 1.807) is 11.4 Å². The number of hydrogen-bond donors (Lipinski definition) is 1. The molecular weight excluding hydrogens is 274 g/mol. The summed E-state index contributed by atoms with van der Waals surface area (Å²) in [5.41, 5.74) is 0.994. The molecule has 1 aromatic rings. The third-order valence-electron chi connectivity index (χ3n) is 3.04. The van der Waals surface area contributed by atoms with Gasteiger partial charge in [0.1, 0.15) is 4.75 Å². The molecule has 2 unspecified atom stereocenters. The van der Waals surface area contributed by atoms with Crippen LogP contribution in [-0.2, 0) is 16.2 Å². The minimum atomic E-state index is -1.19. The first kappa shape index (κ1) is 17.0. The predicted octanol–water partition coefficient (Wildman–Crippen LogP) is 2.99. The van der Waals surface area contributed by atoms with Crippen LogP contribution in [-0.4, -0.2) is 31.7 Å². The predicted molar refractivity (Wildman–Crippen MR) is 81.7 cm³/mol. The first-order chi connectivity index (χ1) is 9.23. The van der Waals surface area contributed by atoms with Crippen LogP contribution in [0.5, 0.6) is 0 Å². The van der Waals surface area contributed by atoms with Crippen molar-refractivity contribution in [2.24, 2.45) is 0 Å². The van der Waals surface area contributed by atoms with Crippen LogP contribution in [0.15, 0.2) is 30.3 Å². The van der Waals surface area contributed by atoms with Crippen molar-refractivity contribution in [3.8, 4) is 0 Å². The molecule has 0 radical (unpaired) electrons. The lowest BCUT2D eigenvalue weighted by Crippen LogP contribution is -2.42. The number of benzene rings is 1. The molecule has 0 saturated heterocycles. The molecule has 0 bridgehead atoms. The molecule has 0 aliphatic heterocycles. The Morgan fingerprint density at radius 2 is 1.90 bits per heavy atom. The van der Waals surface area contributed by atoms with E-state index in [0.29, 0.717) is 6.42 Å². The Bertz CT molecular complexity index is 430. The van der Waals surface area contributed by atoms with Crippen molar-refractivity contribution in [2.45, 2.75) is 44.4 Å². The fourth-order valence-electron chi connectivity index (χ4n) is 2.04. The zero-order chi connectivity index (χ0) is 15.3. The maximum Gasteiger partial charge on any atom is 0.303 e. The third-order valence-corrected chi connectivity index (χ3v) is 4.87. The van der Waals surface area contributed by atoms with Crippen LogP contribution in [0.2, 0.25) is 0 Å². The van der Waals surface area contributed by atoms with Gasteiger partial charge in [0.15, 0.2) is 0 Å². The monoisotopic (exact) mass is 297 g/mol. The smallest absolute Gasteiger partial charge is 0.303 e. The molecule has 0 amide bonds. The molecule has 0 aliphatic carbocycles. The fraction of sp³-hybridized carbons (Fsp3) is 0.533. The van der Waals surface area contributed by atoms with Gasteiger partial charge in [-0.2, -0.15) is 0 Å². The Balaban J connectivity index is 2.95. The molecule has 20 heavy (non-hydrogen) atoms. The molecule has 0 saturated carbocycles. The number of carboxylic acids is 1. The van der Waals surface area contributed by atoms with E-state index in [-0.39, 0.29) is 17.2 Å². The van der Waals surface area contributed by atoms with Crippen LogP contribution in [0.3, 0.4) is 0 Å². The molecule has 2 atom stereocenters. The van der Waals surface area contributed by atoms with E-state index >= 15 is 0 Å². The highest BCUT2D eigenvalue weighted by atomic mass is 32.2. The second-order valence-corrected chi connectivity index (χ2v) is 8.07. The Kier molecular flexibility index (Phi) is 6.05. The van der Waals surface area contributed by atoms with E-state index in [1.807, 2.05) is 51.1 Å². The van der Waals surface area contributed by atoms with Gasteiger partial charge in [-0.3, -0.25) is 4.79 Å². The summed E-state index contributed by atoms with van der Waals surface area (Å²) in [5.74, 6) is -0.833. The van der Waals surface area contributed by atoms with Gasteiger partial charge in [0.25, 0.3) is 0 Å². The molecule has 1 N–H and O–H groups in total. The average molecular weight is 297 g/mol. The summed E-state index contributed by atoms with van der Waals surface area (Å²) in [5, 5.41) is 8.90. The highest BCUT2D eigenvalue weighted by Gasteiger charge is 2.35. The topological polar surface area (TPSA) is 63.6 Å². The Hall–Kier alpha value is -1.04. The summed E-state index contributed by atoms with van der Waals surface area (Å²) in [6, 6.07) is 9.48. The maximum absolute atomic E-state index is 12.5. The molecule has 0 spiro atoms. The summed E-state index contributed by atoms with van der Waals surface area (Å²) in [4.78, 5) is 10.8. The summed E-state index contributed by atoms with van der Waals surface area (Å²) in [6.07, 6.45) is 0.503. The first-order valence-electron chi connectivity index (χ1n) is 6.65. The lowest BCUT2D eigenvalue weighted by Gasteiger charge is -2.35. The van der Waals surface area contributed by atoms with Crippen LogP contribution in [0.1, 0.15) is 45.2 Å². The van der Waals surface area contributed by atoms with Crippen LogP contribution >= 0.6 is 0 Å². The largest absolute Gasteiger partial charge is 0.597 e. The molecule has 1 rings (SSSR count). The molecule has 0 aromatic heterocycles. The number of carboxylic acid groups (broad SMARTS) is 1. The van der Waals surface area contributed by atoms with Crippen molar-refractivity contribution in [1.82, 2.24) is 4.31 Å². The van der Waals surface area contributed by atoms with Crippen molar-refractivity contribution in [3.63, 3.8) is 0 Å². The third kappa shape index (κ3) is 4.81. The van der Waals surface area contributed by atoms with E-state index in [1.165, 1.54) is 0 Å². The Morgan fingerprint density at radius 1 is 1.35 bits per heavy atom. The first-order valence-corrected chi connectivity index (χ1v) is 7.75. The summed E-state index contributed by atoms with van der Waals surface area (Å²) in [6.45, 7) is 5.75. The molecule has 112 valence electrons. The van der Waals surface area contributed by atoms with Gasteiger partial charge in [-0.05, 0) is 32.8 Å². The number of carbonyl (C=O) groups is 1. The zero-order valence-electron chi connectivity index (χ0n) is 12.5. The number of rotatable bonds is 6. The molecular formula is C15H23NO3S. The van der Waals surface area contributed by atoms with Crippen LogP contribution in [0, 0.1) is 0 Å². The molecule has 0 fully saturated rings. The van der Waals surface area contributed by atoms with Crippen molar-refractivity contribution in [1.29, 1.82) is 0 Å². The summed E-state index contributed by atoms with van der Waals surface area (Å²) in [7, 11) is 1.79. The van der Waals surface area contributed by atoms with Gasteiger partial charge < -0.3 is 9.66 Å². The van der Waals surface area contributed by atoms with Crippen molar-refractivity contribution < 1.29 is 14.5 Å². The van der Waals surface area contributed by atoms with Gasteiger partial charge in [-0.1, -0.05) is 30.3 Å². The van der Waals surface area contributed by atoms with Gasteiger partial charge >= 0.3 is 5.97 Å². The molecule has 0 aliphatic rings. The lowest BCUT2D eigenvalue weighted by molar-refractivity contribution is -0.137. The lowest BCUT2D eigenvalue weighted by atomic mass is 10.0. The Labute approximate surface area is 124 Å². The Morgan fingerprint density at radius 3 is 2.35 bits per heavy atom. The minimum absolute atomic E-state index is 0.0608. The molecule has 5 heteroatoms. The second kappa shape index (κ2) is 7.11. The fourth-order valence-corrected chi connectivity index (χ4v) is 3.36. The maximum atomic E-state index is 12.5. The molecule has 1 aromatic carbocycles. The summed E-state index contributed by atoms with van der Waals surface area (Å²) >= 11 is -1.19. The number of nitrogens with zero attached hydrogens (tertiary/aromatic N) is 1. The van der Waals surface area contributed by atoms with Crippen LogP contribution in [0.4, 0.5) is 0 Å². The summed E-state index contributed by atoms with van der Waals surface area (Å²) < 4.78 is 13.9. The van der Waals surface area contributed by atoms with Gasteiger partial charge in [-0.15, -0.1) is 4.31 Å². The normalized spacial score (nSPS) is 15.1. The number of aliphatic carboxylic acids is 1. The van der Waals surface area contributed by atoms with Gasteiger partial charge in [0.05, 0.1) is 6.04 Å². The van der Waals surface area contributed by atoms with E-state index in [0.717, 1.165) is 5.56 Å². The molecule has 0 heterocycles. The van der Waals surface area contributed by atoms with Crippen molar-refractivity contribution in [3.05, 3.63) is 35.9 Å². The standard InChI is InChI=1S/C15H23NO3S/c1-15(2,3)20(19)16(4)13(10-11-14(17)18)12-8-6-5-7-9-12/h5-9,13H,10-11H2,1-4H3,(H,17,18). The highest BCUT2D eigenvalue weighted by Crippen LogP contribution is 2.31. The van der Waals surface area contributed by atoms with Gasteiger partial charge in [-0.25, -0.2) is 0 Å². The van der Waals surface area contributed by atoms with E-state index in [9.17, 15) is 9.35 Å². The van der Waals surface area contributed by atoms with Crippen molar-refractivity contribution >= 4 is 17.3 Å². The average Bonchev–Trinajstić information content (AvgIpc) is 2.37. The van der Waals surface area contributed by atoms with Crippen LogP contribution < -0.4 is 0 Å². The minimum Gasteiger partial charge on any atom is -0.597 e. The van der Waals surface area contributed by atoms with Crippen molar-refractivity contribution in [2.75, 3.05) is 7.05 Å². The van der Waals surface area contributed by atoms with E-state index < -0.39 is 17.3 Å².